The molecule has 0 aliphatic carbocycles. The van der Waals surface area contributed by atoms with Crippen molar-refractivity contribution in [1.82, 2.24) is 5.32 Å². The minimum atomic E-state index is 0.709. The molecule has 0 aliphatic rings. The van der Waals surface area contributed by atoms with Crippen molar-refractivity contribution < 1.29 is 0 Å². The molecule has 0 radical (unpaired) electrons. The van der Waals surface area contributed by atoms with E-state index in [1.165, 1.54) is 5.57 Å². The van der Waals surface area contributed by atoms with Crippen LogP contribution in [0.3, 0.4) is 0 Å². The Kier molecular flexibility index (Phi) is 4.92. The Balaban J connectivity index is 3.42. The third kappa shape index (κ3) is 5.11. The van der Waals surface area contributed by atoms with Crippen LogP contribution in [0.1, 0.15) is 13.3 Å². The number of rotatable bonds is 4. The van der Waals surface area contributed by atoms with Crippen LogP contribution in [-0.4, -0.2) is 6.54 Å². The van der Waals surface area contributed by atoms with Gasteiger partial charge in [0.15, 0.2) is 0 Å². The fraction of sp³-hybridized carbons (Fsp3) is 0.429. The maximum absolute atomic E-state index is 5.31. The zero-order chi connectivity index (χ0) is 7.11. The molecule has 0 saturated carbocycles. The molecule has 0 fully saturated rings. The number of nitrogens with two attached hydrogens (primary N) is 1. The molecule has 9 heavy (non-hydrogen) atoms. The van der Waals surface area contributed by atoms with Gasteiger partial charge in [-0.05, 0) is 32.3 Å². The van der Waals surface area contributed by atoms with Gasteiger partial charge in [0.2, 0.25) is 0 Å². The average Bonchev–Trinajstić information content (AvgIpc) is 1.85. The Morgan fingerprint density at radius 3 is 2.89 bits per heavy atom. The maximum Gasteiger partial charge on any atom is -0.000616 e. The standard InChI is InChI=1S/C7H14N2/c1-3-9-6-7(2)4-5-8/h3,6,9H,1,4-5,8H2,2H3/b7-6+. The van der Waals surface area contributed by atoms with Gasteiger partial charge in [-0.2, -0.15) is 0 Å². The van der Waals surface area contributed by atoms with Crippen molar-refractivity contribution in [3.8, 4) is 0 Å². The Hall–Kier alpha value is -0.760. The van der Waals surface area contributed by atoms with Crippen molar-refractivity contribution in [2.45, 2.75) is 13.3 Å². The van der Waals surface area contributed by atoms with Crippen molar-refractivity contribution in [3.05, 3.63) is 24.6 Å². The van der Waals surface area contributed by atoms with E-state index in [0.29, 0.717) is 6.54 Å². The van der Waals surface area contributed by atoms with E-state index in [2.05, 4.69) is 11.9 Å². The smallest absolute Gasteiger partial charge is 0.000616 e. The second kappa shape index (κ2) is 5.38. The minimum absolute atomic E-state index is 0.709. The van der Waals surface area contributed by atoms with Crippen molar-refractivity contribution >= 4 is 0 Å². The van der Waals surface area contributed by atoms with Crippen LogP contribution in [0.2, 0.25) is 0 Å². The Morgan fingerprint density at radius 1 is 1.78 bits per heavy atom. The molecule has 3 N–H and O–H groups in total. The molecule has 0 aromatic rings. The number of hydrogen-bond donors (Lipinski definition) is 2. The first-order valence-corrected chi connectivity index (χ1v) is 3.04. The van der Waals surface area contributed by atoms with Gasteiger partial charge in [0.05, 0.1) is 0 Å². The maximum atomic E-state index is 5.31. The molecule has 0 heterocycles. The highest BCUT2D eigenvalue weighted by atomic mass is 14.8. The molecule has 52 valence electrons. The van der Waals surface area contributed by atoms with E-state index in [9.17, 15) is 0 Å². The molecule has 0 atom stereocenters. The summed E-state index contributed by atoms with van der Waals surface area (Å²) in [4.78, 5) is 0. The van der Waals surface area contributed by atoms with Crippen molar-refractivity contribution in [3.63, 3.8) is 0 Å². The summed E-state index contributed by atoms with van der Waals surface area (Å²) in [5, 5.41) is 2.88. The van der Waals surface area contributed by atoms with Crippen LogP contribution in [0.4, 0.5) is 0 Å². The van der Waals surface area contributed by atoms with Crippen molar-refractivity contribution in [2.24, 2.45) is 5.73 Å². The van der Waals surface area contributed by atoms with Crippen molar-refractivity contribution in [1.29, 1.82) is 0 Å². The second-order valence-corrected chi connectivity index (χ2v) is 1.90. The molecule has 0 rings (SSSR count). The van der Waals surface area contributed by atoms with Crippen LogP contribution < -0.4 is 11.1 Å². The zero-order valence-electron chi connectivity index (χ0n) is 5.85. The van der Waals surface area contributed by atoms with Crippen LogP contribution in [0.5, 0.6) is 0 Å². The summed E-state index contributed by atoms with van der Waals surface area (Å²) in [5.74, 6) is 0. The first kappa shape index (κ1) is 8.24. The van der Waals surface area contributed by atoms with Crippen LogP contribution in [0.25, 0.3) is 0 Å². The lowest BCUT2D eigenvalue weighted by atomic mass is 10.2. The first-order chi connectivity index (χ1) is 4.31. The molecule has 0 spiro atoms. The molecule has 0 aliphatic heterocycles. The van der Waals surface area contributed by atoms with Crippen LogP contribution in [0.15, 0.2) is 24.6 Å². The second-order valence-electron chi connectivity index (χ2n) is 1.90. The Bertz CT molecular complexity index is 105. The van der Waals surface area contributed by atoms with Crippen LogP contribution >= 0.6 is 0 Å². The van der Waals surface area contributed by atoms with Gasteiger partial charge < -0.3 is 11.1 Å². The minimum Gasteiger partial charge on any atom is -0.368 e. The van der Waals surface area contributed by atoms with E-state index in [4.69, 9.17) is 5.73 Å². The average molecular weight is 126 g/mol. The van der Waals surface area contributed by atoms with Crippen LogP contribution in [0, 0.1) is 0 Å². The molecule has 0 saturated heterocycles. The number of nitrogens with one attached hydrogen (secondary N) is 1. The van der Waals surface area contributed by atoms with Gasteiger partial charge in [-0.1, -0.05) is 12.2 Å². The van der Waals surface area contributed by atoms with E-state index in [1.54, 1.807) is 6.20 Å². The summed E-state index contributed by atoms with van der Waals surface area (Å²) in [6.45, 7) is 6.25. The van der Waals surface area contributed by atoms with Gasteiger partial charge >= 0.3 is 0 Å². The highest BCUT2D eigenvalue weighted by Gasteiger charge is 1.82. The molecule has 2 nitrogen and oxygen atoms in total. The van der Waals surface area contributed by atoms with Crippen molar-refractivity contribution in [2.75, 3.05) is 6.54 Å². The molecule has 0 unspecified atom stereocenters. The molecule has 2 heteroatoms. The monoisotopic (exact) mass is 126 g/mol. The lowest BCUT2D eigenvalue weighted by Gasteiger charge is -1.95. The van der Waals surface area contributed by atoms with Gasteiger partial charge in [-0.25, -0.2) is 0 Å². The first-order valence-electron chi connectivity index (χ1n) is 3.04. The molecule has 0 aromatic carbocycles. The highest BCUT2D eigenvalue weighted by Crippen LogP contribution is 1.93. The fourth-order valence-corrected chi connectivity index (χ4v) is 0.501. The highest BCUT2D eigenvalue weighted by molar-refractivity contribution is 4.98. The largest absolute Gasteiger partial charge is 0.368 e. The predicted molar refractivity (Wildman–Crippen MR) is 40.8 cm³/mol. The van der Waals surface area contributed by atoms with Gasteiger partial charge in [0.25, 0.3) is 0 Å². The Morgan fingerprint density at radius 2 is 2.44 bits per heavy atom. The van der Waals surface area contributed by atoms with Crippen LogP contribution in [-0.2, 0) is 0 Å². The van der Waals surface area contributed by atoms with Gasteiger partial charge in [-0.3, -0.25) is 0 Å². The Labute approximate surface area is 56.4 Å². The lowest BCUT2D eigenvalue weighted by Crippen LogP contribution is -2.01. The molecule has 0 amide bonds. The van der Waals surface area contributed by atoms with E-state index in [-0.39, 0.29) is 0 Å². The van der Waals surface area contributed by atoms with E-state index in [0.717, 1.165) is 6.42 Å². The quantitative estimate of drug-likeness (QED) is 0.589. The van der Waals surface area contributed by atoms with E-state index in [1.807, 2.05) is 13.1 Å². The molecular formula is C7H14N2. The lowest BCUT2D eigenvalue weighted by molar-refractivity contribution is 0.934. The summed E-state index contributed by atoms with van der Waals surface area (Å²) >= 11 is 0. The topological polar surface area (TPSA) is 38.0 Å². The summed E-state index contributed by atoms with van der Waals surface area (Å²) < 4.78 is 0. The zero-order valence-corrected chi connectivity index (χ0v) is 5.85. The summed E-state index contributed by atoms with van der Waals surface area (Å²) in [6, 6.07) is 0. The summed E-state index contributed by atoms with van der Waals surface area (Å²) in [7, 11) is 0. The summed E-state index contributed by atoms with van der Waals surface area (Å²) in [5.41, 5.74) is 6.55. The summed E-state index contributed by atoms with van der Waals surface area (Å²) in [6.07, 6.45) is 4.49. The SMILES string of the molecule is C=CN/C=C(\C)CCN. The number of hydrogen-bond acceptors (Lipinski definition) is 2. The van der Waals surface area contributed by atoms with E-state index < -0.39 is 0 Å². The van der Waals surface area contributed by atoms with E-state index >= 15 is 0 Å². The molecule has 0 bridgehead atoms. The molecule has 0 aromatic heterocycles. The van der Waals surface area contributed by atoms with Gasteiger partial charge in [-0.15, -0.1) is 0 Å². The normalized spacial score (nSPS) is 11.1. The third-order valence-electron chi connectivity index (χ3n) is 0.986. The third-order valence-corrected chi connectivity index (χ3v) is 0.986. The fourth-order valence-electron chi connectivity index (χ4n) is 0.501. The molecular weight excluding hydrogens is 112 g/mol. The van der Waals surface area contributed by atoms with Gasteiger partial charge in [0, 0.05) is 0 Å². The van der Waals surface area contributed by atoms with Gasteiger partial charge in [0.1, 0.15) is 0 Å². The predicted octanol–water partition coefficient (Wildman–Crippen LogP) is 0.972.